The Kier molecular flexibility index (Phi) is 4.36. The number of fused-ring (bicyclic) bond motifs is 1. The number of amides is 1. The molecule has 0 aliphatic carbocycles. The van der Waals surface area contributed by atoms with Gasteiger partial charge in [-0.05, 0) is 37.3 Å². The second-order valence-corrected chi connectivity index (χ2v) is 6.25. The summed E-state index contributed by atoms with van der Waals surface area (Å²) < 4.78 is 11.1. The summed E-state index contributed by atoms with van der Waals surface area (Å²) in [6, 6.07) is 9.78. The molecule has 1 fully saturated rings. The van der Waals surface area contributed by atoms with E-state index in [-0.39, 0.29) is 12.2 Å². The van der Waals surface area contributed by atoms with Gasteiger partial charge >= 0.3 is 6.09 Å². The maximum absolute atomic E-state index is 12.3. The fourth-order valence-electron chi connectivity index (χ4n) is 3.40. The number of allylic oxidation sites excluding steroid dienone is 1. The molecular formula is C18H23NO3. The van der Waals surface area contributed by atoms with Crippen molar-refractivity contribution in [1.29, 1.82) is 0 Å². The minimum Gasteiger partial charge on any atom is -0.498 e. The number of piperidine rings is 1. The molecule has 0 radical (unpaired) electrons. The molecule has 118 valence electrons. The lowest BCUT2D eigenvalue weighted by Gasteiger charge is -2.43. The van der Waals surface area contributed by atoms with Crippen LogP contribution in [0, 0.1) is 11.8 Å². The van der Waals surface area contributed by atoms with E-state index in [1.807, 2.05) is 41.5 Å². The number of ether oxygens (including phenoxy) is 2. The molecule has 1 amide bonds. The number of carbonyl (C=O) groups is 1. The molecule has 0 spiro atoms. The summed E-state index contributed by atoms with van der Waals surface area (Å²) in [4.78, 5) is 14.1. The third-order valence-electron chi connectivity index (χ3n) is 4.78. The Balaban J connectivity index is 1.57. The van der Waals surface area contributed by atoms with Crippen LogP contribution in [0.1, 0.15) is 25.8 Å². The minimum absolute atomic E-state index is 0.151. The lowest BCUT2D eigenvalue weighted by atomic mass is 9.77. The van der Waals surface area contributed by atoms with Crippen molar-refractivity contribution >= 4 is 6.09 Å². The lowest BCUT2D eigenvalue weighted by Crippen LogP contribution is -2.49. The first-order valence-electron chi connectivity index (χ1n) is 7.93. The summed E-state index contributed by atoms with van der Waals surface area (Å²) in [5, 5.41) is 0. The van der Waals surface area contributed by atoms with E-state index in [1.54, 1.807) is 0 Å². The molecule has 4 heteroatoms. The summed E-state index contributed by atoms with van der Waals surface area (Å²) in [5.41, 5.74) is 2.30. The summed E-state index contributed by atoms with van der Waals surface area (Å²) in [5.74, 6) is 0.893. The van der Waals surface area contributed by atoms with E-state index < -0.39 is 0 Å². The average Bonchev–Trinajstić information content (AvgIpc) is 2.57. The average molecular weight is 301 g/mol. The zero-order valence-corrected chi connectivity index (χ0v) is 13.2. The van der Waals surface area contributed by atoms with E-state index in [4.69, 9.17) is 9.47 Å². The van der Waals surface area contributed by atoms with Crippen LogP contribution < -0.4 is 0 Å². The molecular weight excluding hydrogens is 278 g/mol. The molecule has 0 bridgehead atoms. The van der Waals surface area contributed by atoms with Crippen LogP contribution in [-0.4, -0.2) is 30.2 Å². The number of benzene rings is 1. The highest BCUT2D eigenvalue weighted by Crippen LogP contribution is 2.36. The van der Waals surface area contributed by atoms with Gasteiger partial charge in [-0.3, -0.25) is 0 Å². The topological polar surface area (TPSA) is 38.8 Å². The van der Waals surface area contributed by atoms with Crippen molar-refractivity contribution in [2.24, 2.45) is 11.8 Å². The van der Waals surface area contributed by atoms with Gasteiger partial charge in [0.25, 0.3) is 0 Å². The van der Waals surface area contributed by atoms with Gasteiger partial charge in [-0.15, -0.1) is 0 Å². The number of likely N-dealkylation sites (tertiary alicyclic amines) is 1. The Morgan fingerprint density at radius 1 is 1.36 bits per heavy atom. The van der Waals surface area contributed by atoms with Crippen LogP contribution in [0.5, 0.6) is 0 Å². The van der Waals surface area contributed by atoms with Crippen molar-refractivity contribution in [3.63, 3.8) is 0 Å². The molecule has 2 aliphatic rings. The van der Waals surface area contributed by atoms with Gasteiger partial charge in [0.2, 0.25) is 0 Å². The van der Waals surface area contributed by atoms with Gasteiger partial charge in [0.05, 0.1) is 6.26 Å². The molecule has 22 heavy (non-hydrogen) atoms. The van der Waals surface area contributed by atoms with Gasteiger partial charge in [0.15, 0.2) is 0 Å². The minimum atomic E-state index is -0.221. The Bertz CT molecular complexity index is 555. The third kappa shape index (κ3) is 3.11. The molecule has 4 nitrogen and oxygen atoms in total. The quantitative estimate of drug-likeness (QED) is 0.838. The van der Waals surface area contributed by atoms with E-state index in [0.717, 1.165) is 18.5 Å². The molecule has 3 atom stereocenters. The number of hydrogen-bond donors (Lipinski definition) is 0. The highest BCUT2D eigenvalue weighted by molar-refractivity contribution is 5.67. The predicted octanol–water partition coefficient (Wildman–Crippen LogP) is 3.58. The zero-order valence-electron chi connectivity index (χ0n) is 13.2. The Morgan fingerprint density at radius 2 is 2.14 bits per heavy atom. The number of rotatable bonds is 2. The summed E-state index contributed by atoms with van der Waals surface area (Å²) in [6.45, 7) is 6.00. The first-order valence-corrected chi connectivity index (χ1v) is 7.93. The highest BCUT2D eigenvalue weighted by atomic mass is 16.6. The molecule has 3 rings (SSSR count). The van der Waals surface area contributed by atoms with Crippen LogP contribution in [0.15, 0.2) is 42.2 Å². The van der Waals surface area contributed by atoms with E-state index in [0.29, 0.717) is 25.0 Å². The second-order valence-electron chi connectivity index (χ2n) is 6.25. The lowest BCUT2D eigenvalue weighted by molar-refractivity contribution is 0.00112. The summed E-state index contributed by atoms with van der Waals surface area (Å²) >= 11 is 0. The zero-order chi connectivity index (χ0) is 15.5. The van der Waals surface area contributed by atoms with Gasteiger partial charge in [0, 0.05) is 19.0 Å². The SMILES string of the molecule is CC1=COC(C)C2CN(C(=O)OCc3ccccc3)CC[C@H]12. The van der Waals surface area contributed by atoms with Crippen molar-refractivity contribution < 1.29 is 14.3 Å². The van der Waals surface area contributed by atoms with E-state index in [9.17, 15) is 4.79 Å². The molecule has 1 saturated heterocycles. The first-order chi connectivity index (χ1) is 10.6. The molecule has 0 saturated carbocycles. The second kappa shape index (κ2) is 6.42. The standard InChI is InChI=1S/C18H23NO3/c1-13-11-21-14(2)17-10-19(9-8-16(13)17)18(20)22-12-15-6-4-3-5-7-15/h3-7,11,14,16-17H,8-10,12H2,1-2H3/t14?,16-,17?/m1/s1. The van der Waals surface area contributed by atoms with Crippen LogP contribution >= 0.6 is 0 Å². The number of hydrogen-bond acceptors (Lipinski definition) is 3. The maximum Gasteiger partial charge on any atom is 0.410 e. The van der Waals surface area contributed by atoms with Gasteiger partial charge in [-0.25, -0.2) is 4.79 Å². The highest BCUT2D eigenvalue weighted by Gasteiger charge is 2.38. The molecule has 0 aromatic heterocycles. The summed E-state index contributed by atoms with van der Waals surface area (Å²) in [7, 11) is 0. The van der Waals surface area contributed by atoms with Crippen molar-refractivity contribution in [3.8, 4) is 0 Å². The smallest absolute Gasteiger partial charge is 0.410 e. The van der Waals surface area contributed by atoms with Gasteiger partial charge in [-0.2, -0.15) is 0 Å². The van der Waals surface area contributed by atoms with Crippen molar-refractivity contribution in [3.05, 3.63) is 47.7 Å². The fraction of sp³-hybridized carbons (Fsp3) is 0.500. The van der Waals surface area contributed by atoms with E-state index >= 15 is 0 Å². The van der Waals surface area contributed by atoms with Crippen molar-refractivity contribution in [1.82, 2.24) is 4.90 Å². The largest absolute Gasteiger partial charge is 0.498 e. The Hall–Kier alpha value is -1.97. The van der Waals surface area contributed by atoms with Crippen molar-refractivity contribution in [2.45, 2.75) is 33.0 Å². The van der Waals surface area contributed by atoms with Crippen LogP contribution in [0.4, 0.5) is 4.79 Å². The van der Waals surface area contributed by atoms with Gasteiger partial charge in [0.1, 0.15) is 12.7 Å². The Labute approximate surface area is 131 Å². The first kappa shape index (κ1) is 14.9. The monoisotopic (exact) mass is 301 g/mol. The van der Waals surface area contributed by atoms with Crippen LogP contribution in [0.25, 0.3) is 0 Å². The van der Waals surface area contributed by atoms with Crippen LogP contribution in [0.2, 0.25) is 0 Å². The van der Waals surface area contributed by atoms with E-state index in [2.05, 4.69) is 13.8 Å². The normalized spacial score (nSPS) is 27.5. The van der Waals surface area contributed by atoms with E-state index in [1.165, 1.54) is 5.57 Å². The molecule has 2 unspecified atom stereocenters. The van der Waals surface area contributed by atoms with Crippen LogP contribution in [-0.2, 0) is 16.1 Å². The van der Waals surface area contributed by atoms with Crippen molar-refractivity contribution in [2.75, 3.05) is 13.1 Å². The molecule has 2 aliphatic heterocycles. The van der Waals surface area contributed by atoms with Gasteiger partial charge in [-0.1, -0.05) is 30.3 Å². The molecule has 0 N–H and O–H groups in total. The number of nitrogens with zero attached hydrogens (tertiary/aromatic N) is 1. The molecule has 2 heterocycles. The third-order valence-corrected chi connectivity index (χ3v) is 4.78. The van der Waals surface area contributed by atoms with Crippen LogP contribution in [0.3, 0.4) is 0 Å². The predicted molar refractivity (Wildman–Crippen MR) is 84.1 cm³/mol. The molecule has 1 aromatic rings. The van der Waals surface area contributed by atoms with Gasteiger partial charge < -0.3 is 14.4 Å². The summed E-state index contributed by atoms with van der Waals surface area (Å²) in [6.07, 6.45) is 2.80. The number of carbonyl (C=O) groups excluding carboxylic acids is 1. The maximum atomic E-state index is 12.3. The fourth-order valence-corrected chi connectivity index (χ4v) is 3.40. The molecule has 1 aromatic carbocycles. The Morgan fingerprint density at radius 3 is 2.91 bits per heavy atom.